The van der Waals surface area contributed by atoms with Crippen molar-refractivity contribution in [3.8, 4) is 0 Å². The number of halogens is 1. The number of nitrogens with one attached hydrogen (secondary N) is 1. The normalized spacial score (nSPS) is 11.1. The van der Waals surface area contributed by atoms with Crippen LogP contribution < -0.4 is 5.32 Å². The van der Waals surface area contributed by atoms with E-state index in [1.54, 1.807) is 6.07 Å². The Morgan fingerprint density at radius 3 is 2.78 bits per heavy atom. The molecule has 0 spiro atoms. The van der Waals surface area contributed by atoms with E-state index >= 15 is 0 Å². The standard InChI is InChI=1S/C13H19BrN2OS/c1-9(2)16(3)7-6-15-13(17)11-8-10(18)4-5-12(11)14/h4-5,8-9,18H,6-7H2,1-3H3,(H,15,17). The van der Waals surface area contributed by atoms with Crippen molar-refractivity contribution < 1.29 is 4.79 Å². The highest BCUT2D eigenvalue weighted by Crippen LogP contribution is 2.19. The summed E-state index contributed by atoms with van der Waals surface area (Å²) in [6.45, 7) is 5.73. The zero-order valence-corrected chi connectivity index (χ0v) is 13.4. The van der Waals surface area contributed by atoms with E-state index in [-0.39, 0.29) is 5.91 Å². The molecule has 0 fully saturated rings. The van der Waals surface area contributed by atoms with Gasteiger partial charge in [-0.3, -0.25) is 4.79 Å². The van der Waals surface area contributed by atoms with Crippen LogP contribution in [0.15, 0.2) is 27.6 Å². The maximum absolute atomic E-state index is 12.0. The second kappa shape index (κ2) is 7.16. The third-order valence-electron chi connectivity index (χ3n) is 2.83. The minimum Gasteiger partial charge on any atom is -0.351 e. The summed E-state index contributed by atoms with van der Waals surface area (Å²) < 4.78 is 0.787. The third kappa shape index (κ3) is 4.63. The van der Waals surface area contributed by atoms with Crippen LogP contribution in [0.2, 0.25) is 0 Å². The summed E-state index contributed by atoms with van der Waals surface area (Å²) in [4.78, 5) is 14.9. The molecule has 1 N–H and O–H groups in total. The number of amides is 1. The third-order valence-corrected chi connectivity index (χ3v) is 3.80. The van der Waals surface area contributed by atoms with E-state index in [0.717, 1.165) is 15.9 Å². The zero-order valence-electron chi connectivity index (χ0n) is 10.9. The first-order valence-electron chi connectivity index (χ1n) is 5.88. The highest BCUT2D eigenvalue weighted by atomic mass is 79.9. The van der Waals surface area contributed by atoms with Gasteiger partial charge in [-0.05, 0) is 55.0 Å². The predicted octanol–water partition coefficient (Wildman–Crippen LogP) is 2.81. The lowest BCUT2D eigenvalue weighted by atomic mass is 10.2. The number of hydrogen-bond donors (Lipinski definition) is 2. The molecule has 0 aromatic heterocycles. The number of likely N-dealkylation sites (N-methyl/N-ethyl adjacent to an activating group) is 1. The smallest absolute Gasteiger partial charge is 0.252 e. The number of thiol groups is 1. The van der Waals surface area contributed by atoms with Gasteiger partial charge in [0, 0.05) is 28.5 Å². The summed E-state index contributed by atoms with van der Waals surface area (Å²) in [7, 11) is 2.04. The first-order chi connectivity index (χ1) is 8.41. The number of carbonyl (C=O) groups excluding carboxylic acids is 1. The molecule has 0 radical (unpaired) electrons. The molecule has 0 aliphatic carbocycles. The maximum atomic E-state index is 12.0. The van der Waals surface area contributed by atoms with Gasteiger partial charge < -0.3 is 10.2 Å². The van der Waals surface area contributed by atoms with Gasteiger partial charge in [0.05, 0.1) is 5.56 Å². The minimum atomic E-state index is -0.0741. The molecule has 1 aromatic rings. The van der Waals surface area contributed by atoms with Gasteiger partial charge in [-0.25, -0.2) is 0 Å². The van der Waals surface area contributed by atoms with Crippen LogP contribution in [-0.2, 0) is 0 Å². The van der Waals surface area contributed by atoms with Crippen LogP contribution in [0, 0.1) is 0 Å². The molecule has 0 atom stereocenters. The van der Waals surface area contributed by atoms with Crippen molar-refractivity contribution in [1.29, 1.82) is 0 Å². The zero-order chi connectivity index (χ0) is 13.7. The highest BCUT2D eigenvalue weighted by molar-refractivity contribution is 9.10. The molecule has 0 unspecified atom stereocenters. The molecule has 0 saturated heterocycles. The first-order valence-corrected chi connectivity index (χ1v) is 7.12. The fraction of sp³-hybridized carbons (Fsp3) is 0.462. The Labute approximate surface area is 122 Å². The van der Waals surface area contributed by atoms with Crippen LogP contribution in [0.25, 0.3) is 0 Å². The minimum absolute atomic E-state index is 0.0741. The van der Waals surface area contributed by atoms with Crippen molar-refractivity contribution in [2.45, 2.75) is 24.8 Å². The van der Waals surface area contributed by atoms with E-state index < -0.39 is 0 Å². The lowest BCUT2D eigenvalue weighted by Crippen LogP contribution is -2.36. The maximum Gasteiger partial charge on any atom is 0.252 e. The van der Waals surface area contributed by atoms with Crippen LogP contribution in [-0.4, -0.2) is 37.0 Å². The Morgan fingerprint density at radius 1 is 1.50 bits per heavy atom. The van der Waals surface area contributed by atoms with Crippen molar-refractivity contribution >= 4 is 34.5 Å². The molecule has 0 aliphatic heterocycles. The average Bonchev–Trinajstić information content (AvgIpc) is 2.31. The molecule has 100 valence electrons. The predicted molar refractivity (Wildman–Crippen MR) is 81.5 cm³/mol. The van der Waals surface area contributed by atoms with Crippen LogP contribution in [0.3, 0.4) is 0 Å². The number of carbonyl (C=O) groups is 1. The van der Waals surface area contributed by atoms with Gasteiger partial charge in [0.15, 0.2) is 0 Å². The molecule has 0 saturated carbocycles. The van der Waals surface area contributed by atoms with E-state index in [9.17, 15) is 4.79 Å². The van der Waals surface area contributed by atoms with Gasteiger partial charge in [0.25, 0.3) is 5.91 Å². The van der Waals surface area contributed by atoms with Crippen molar-refractivity contribution in [2.75, 3.05) is 20.1 Å². The Hall–Kier alpha value is -0.520. The molecule has 1 rings (SSSR count). The number of rotatable bonds is 5. The molecular weight excluding hydrogens is 312 g/mol. The summed E-state index contributed by atoms with van der Waals surface area (Å²) in [5.74, 6) is -0.0741. The van der Waals surface area contributed by atoms with Crippen molar-refractivity contribution in [1.82, 2.24) is 10.2 Å². The van der Waals surface area contributed by atoms with Crippen molar-refractivity contribution in [3.05, 3.63) is 28.2 Å². The lowest BCUT2D eigenvalue weighted by molar-refractivity contribution is 0.0947. The Balaban J connectivity index is 2.53. The number of nitrogens with zero attached hydrogens (tertiary/aromatic N) is 1. The SMILES string of the molecule is CC(C)N(C)CCNC(=O)c1cc(S)ccc1Br. The molecule has 3 nitrogen and oxygen atoms in total. The van der Waals surface area contributed by atoms with Crippen molar-refractivity contribution in [3.63, 3.8) is 0 Å². The Bertz CT molecular complexity index is 423. The molecule has 1 aromatic carbocycles. The van der Waals surface area contributed by atoms with Gasteiger partial charge in [-0.15, -0.1) is 12.6 Å². The summed E-state index contributed by atoms with van der Waals surface area (Å²) >= 11 is 7.61. The molecular formula is C13H19BrN2OS. The summed E-state index contributed by atoms with van der Waals surface area (Å²) in [5, 5.41) is 2.91. The fourth-order valence-corrected chi connectivity index (χ4v) is 2.02. The highest BCUT2D eigenvalue weighted by Gasteiger charge is 2.10. The van der Waals surface area contributed by atoms with Crippen molar-refractivity contribution in [2.24, 2.45) is 0 Å². The monoisotopic (exact) mass is 330 g/mol. The van der Waals surface area contributed by atoms with E-state index in [2.05, 4.69) is 52.6 Å². The summed E-state index contributed by atoms with van der Waals surface area (Å²) in [6, 6.07) is 5.91. The Morgan fingerprint density at radius 2 is 2.17 bits per heavy atom. The molecule has 1 amide bonds. The fourth-order valence-electron chi connectivity index (χ4n) is 1.39. The molecule has 0 bridgehead atoms. The van der Waals surface area contributed by atoms with Gasteiger partial charge in [-0.1, -0.05) is 0 Å². The summed E-state index contributed by atoms with van der Waals surface area (Å²) in [5.41, 5.74) is 0.620. The van der Waals surface area contributed by atoms with Gasteiger partial charge in [-0.2, -0.15) is 0 Å². The van der Waals surface area contributed by atoms with E-state index in [1.165, 1.54) is 0 Å². The number of benzene rings is 1. The van der Waals surface area contributed by atoms with Crippen LogP contribution in [0.1, 0.15) is 24.2 Å². The summed E-state index contributed by atoms with van der Waals surface area (Å²) in [6.07, 6.45) is 0. The van der Waals surface area contributed by atoms with Crippen LogP contribution >= 0.6 is 28.6 Å². The topological polar surface area (TPSA) is 32.3 Å². The van der Waals surface area contributed by atoms with Gasteiger partial charge in [0.1, 0.15) is 0 Å². The van der Waals surface area contributed by atoms with Crippen LogP contribution in [0.4, 0.5) is 0 Å². The van der Waals surface area contributed by atoms with Crippen LogP contribution in [0.5, 0.6) is 0 Å². The van der Waals surface area contributed by atoms with E-state index in [0.29, 0.717) is 18.2 Å². The number of hydrogen-bond acceptors (Lipinski definition) is 3. The average molecular weight is 331 g/mol. The van der Waals surface area contributed by atoms with E-state index in [1.807, 2.05) is 19.2 Å². The Kier molecular flexibility index (Phi) is 6.18. The molecule has 0 heterocycles. The van der Waals surface area contributed by atoms with Gasteiger partial charge in [0.2, 0.25) is 0 Å². The second-order valence-electron chi connectivity index (χ2n) is 4.49. The van der Waals surface area contributed by atoms with E-state index in [4.69, 9.17) is 0 Å². The van der Waals surface area contributed by atoms with Gasteiger partial charge >= 0.3 is 0 Å². The quantitative estimate of drug-likeness (QED) is 0.814. The lowest BCUT2D eigenvalue weighted by Gasteiger charge is -2.20. The molecule has 18 heavy (non-hydrogen) atoms. The largest absolute Gasteiger partial charge is 0.351 e. The first kappa shape index (κ1) is 15.5. The second-order valence-corrected chi connectivity index (χ2v) is 5.87. The molecule has 5 heteroatoms. The molecule has 0 aliphatic rings.